The maximum absolute atomic E-state index is 13.4. The van der Waals surface area contributed by atoms with E-state index in [1.165, 1.54) is 12.1 Å². The van der Waals surface area contributed by atoms with Crippen molar-refractivity contribution in [2.75, 3.05) is 5.32 Å². The third kappa shape index (κ3) is 3.17. The van der Waals surface area contributed by atoms with Gasteiger partial charge >= 0.3 is 0 Å². The number of carbonyl (C=O) groups is 1. The zero-order chi connectivity index (χ0) is 11.4. The Labute approximate surface area is 97.9 Å². The molecule has 0 saturated carbocycles. The number of hydrogen-bond acceptors (Lipinski definition) is 3. The molecule has 1 rings (SSSR count). The van der Waals surface area contributed by atoms with Crippen molar-refractivity contribution in [1.29, 1.82) is 0 Å². The lowest BCUT2D eigenvalue weighted by atomic mass is 10.3. The predicted octanol–water partition coefficient (Wildman–Crippen LogP) is 2.64. The van der Waals surface area contributed by atoms with Crippen LogP contribution >= 0.6 is 27.5 Å². The second-order valence-corrected chi connectivity index (χ2v) is 3.77. The van der Waals surface area contributed by atoms with Crippen molar-refractivity contribution in [2.24, 2.45) is 5.16 Å². The van der Waals surface area contributed by atoms with Gasteiger partial charge in [-0.25, -0.2) is 4.39 Å². The van der Waals surface area contributed by atoms with E-state index in [-0.39, 0.29) is 15.2 Å². The lowest BCUT2D eigenvalue weighted by molar-refractivity contribution is -0.110. The summed E-state index contributed by atoms with van der Waals surface area (Å²) in [6, 6.07) is 2.59. The molecule has 0 atom stereocenters. The van der Waals surface area contributed by atoms with Crippen molar-refractivity contribution in [2.45, 2.75) is 0 Å². The summed E-state index contributed by atoms with van der Waals surface area (Å²) in [5, 5.41) is 13.0. The summed E-state index contributed by atoms with van der Waals surface area (Å²) in [4.78, 5) is 10.9. The van der Waals surface area contributed by atoms with Crippen LogP contribution in [0.2, 0.25) is 5.02 Å². The highest BCUT2D eigenvalue weighted by Crippen LogP contribution is 2.27. The first-order valence-corrected chi connectivity index (χ1v) is 4.84. The Morgan fingerprint density at radius 2 is 2.33 bits per heavy atom. The average molecular weight is 295 g/mol. The summed E-state index contributed by atoms with van der Waals surface area (Å²) in [7, 11) is 0. The molecule has 0 aromatic heterocycles. The summed E-state index contributed by atoms with van der Waals surface area (Å²) in [5.41, 5.74) is -0.0979. The summed E-state index contributed by atoms with van der Waals surface area (Å²) >= 11 is 8.58. The largest absolute Gasteiger partial charge is 0.411 e. The van der Waals surface area contributed by atoms with Crippen LogP contribution in [-0.4, -0.2) is 17.3 Å². The fourth-order valence-corrected chi connectivity index (χ4v) is 1.67. The van der Waals surface area contributed by atoms with Gasteiger partial charge in [-0.2, -0.15) is 0 Å². The maximum atomic E-state index is 13.4. The number of nitrogens with zero attached hydrogens (tertiary/aromatic N) is 1. The first-order valence-electron chi connectivity index (χ1n) is 3.67. The molecule has 1 aromatic carbocycles. The van der Waals surface area contributed by atoms with Crippen LogP contribution in [0, 0.1) is 5.82 Å². The fraction of sp³-hybridized carbons (Fsp3) is 0. The van der Waals surface area contributed by atoms with Gasteiger partial charge in [0.05, 0.1) is 10.2 Å². The second-order valence-electron chi connectivity index (χ2n) is 2.48. The topological polar surface area (TPSA) is 61.7 Å². The van der Waals surface area contributed by atoms with E-state index in [0.29, 0.717) is 6.21 Å². The molecule has 7 heteroatoms. The van der Waals surface area contributed by atoms with Gasteiger partial charge in [-0.3, -0.25) is 4.79 Å². The smallest absolute Gasteiger partial charge is 0.270 e. The molecule has 1 amide bonds. The molecular formula is C8H5BrClFN2O2. The number of oxime groups is 1. The van der Waals surface area contributed by atoms with Crippen LogP contribution in [0.4, 0.5) is 10.1 Å². The molecule has 0 heterocycles. The van der Waals surface area contributed by atoms with Crippen molar-refractivity contribution in [1.82, 2.24) is 0 Å². The van der Waals surface area contributed by atoms with Crippen molar-refractivity contribution in [3.8, 4) is 0 Å². The van der Waals surface area contributed by atoms with Crippen molar-refractivity contribution in [3.63, 3.8) is 0 Å². The zero-order valence-corrected chi connectivity index (χ0v) is 9.51. The van der Waals surface area contributed by atoms with Crippen LogP contribution in [0.3, 0.4) is 0 Å². The van der Waals surface area contributed by atoms with E-state index in [1.807, 2.05) is 0 Å². The quantitative estimate of drug-likeness (QED) is 0.381. The fourth-order valence-electron chi connectivity index (χ4n) is 0.864. The summed E-state index contributed by atoms with van der Waals surface area (Å²) < 4.78 is 13.5. The summed E-state index contributed by atoms with van der Waals surface area (Å²) in [5.74, 6) is -1.41. The highest BCUT2D eigenvalue weighted by molar-refractivity contribution is 9.10. The van der Waals surface area contributed by atoms with Crippen molar-refractivity contribution < 1.29 is 14.4 Å². The molecule has 80 valence electrons. The molecule has 0 aliphatic carbocycles. The van der Waals surface area contributed by atoms with Gasteiger partial charge in [0, 0.05) is 5.02 Å². The van der Waals surface area contributed by atoms with E-state index >= 15 is 0 Å². The van der Waals surface area contributed by atoms with Gasteiger partial charge in [-0.15, -0.1) is 0 Å². The molecular weight excluding hydrogens is 290 g/mol. The standard InChI is InChI=1S/C8H5BrClFN2O2/c9-5-1-4(10)2-6(8(5)11)13-7(14)3-12-15/h1-3,15H,(H,13,14)/b12-3+. The van der Waals surface area contributed by atoms with Gasteiger partial charge < -0.3 is 10.5 Å². The molecule has 0 saturated heterocycles. The van der Waals surface area contributed by atoms with E-state index < -0.39 is 11.7 Å². The zero-order valence-electron chi connectivity index (χ0n) is 7.17. The average Bonchev–Trinajstić information content (AvgIpc) is 2.13. The van der Waals surface area contributed by atoms with Crippen LogP contribution in [0.5, 0.6) is 0 Å². The normalized spacial score (nSPS) is 10.6. The minimum Gasteiger partial charge on any atom is -0.411 e. The maximum Gasteiger partial charge on any atom is 0.270 e. The first-order chi connectivity index (χ1) is 7.04. The number of benzene rings is 1. The van der Waals surface area contributed by atoms with Gasteiger partial charge in [-0.1, -0.05) is 16.8 Å². The Balaban J connectivity index is 2.99. The van der Waals surface area contributed by atoms with Crippen LogP contribution in [-0.2, 0) is 4.79 Å². The number of halogens is 3. The number of nitrogens with one attached hydrogen (secondary N) is 1. The Bertz CT molecular complexity index is 425. The van der Waals surface area contributed by atoms with E-state index in [2.05, 4.69) is 26.4 Å². The van der Waals surface area contributed by atoms with Crippen molar-refractivity contribution >= 4 is 45.3 Å². The van der Waals surface area contributed by atoms with E-state index in [0.717, 1.165) is 0 Å². The molecule has 0 radical (unpaired) electrons. The third-order valence-electron chi connectivity index (χ3n) is 1.43. The molecule has 4 nitrogen and oxygen atoms in total. The van der Waals surface area contributed by atoms with Gasteiger partial charge in [0.1, 0.15) is 6.21 Å². The summed E-state index contributed by atoms with van der Waals surface area (Å²) in [6.07, 6.45) is 0.605. The minimum absolute atomic E-state index is 0.0979. The molecule has 0 unspecified atom stereocenters. The molecule has 0 fully saturated rings. The van der Waals surface area contributed by atoms with Gasteiger partial charge in [0.2, 0.25) is 0 Å². The highest BCUT2D eigenvalue weighted by Gasteiger charge is 2.10. The van der Waals surface area contributed by atoms with E-state index in [4.69, 9.17) is 16.8 Å². The molecule has 15 heavy (non-hydrogen) atoms. The van der Waals surface area contributed by atoms with Crippen LogP contribution in [0.15, 0.2) is 21.8 Å². The Morgan fingerprint density at radius 3 is 2.93 bits per heavy atom. The Morgan fingerprint density at radius 1 is 1.67 bits per heavy atom. The number of carbonyl (C=O) groups excluding carboxylic acids is 1. The molecule has 1 aromatic rings. The number of anilines is 1. The van der Waals surface area contributed by atoms with Gasteiger partial charge in [-0.05, 0) is 28.1 Å². The predicted molar refractivity (Wildman–Crippen MR) is 58.0 cm³/mol. The summed E-state index contributed by atoms with van der Waals surface area (Å²) in [6.45, 7) is 0. The number of hydrogen-bond donors (Lipinski definition) is 2. The number of amides is 1. The third-order valence-corrected chi connectivity index (χ3v) is 2.22. The lowest BCUT2D eigenvalue weighted by Gasteiger charge is -2.05. The molecule has 0 aliphatic rings. The monoisotopic (exact) mass is 294 g/mol. The Kier molecular flexibility index (Phi) is 4.05. The van der Waals surface area contributed by atoms with Crippen LogP contribution in [0.25, 0.3) is 0 Å². The second kappa shape index (κ2) is 5.09. The lowest BCUT2D eigenvalue weighted by Crippen LogP contribution is -2.13. The molecule has 0 aliphatic heterocycles. The van der Waals surface area contributed by atoms with Gasteiger partial charge in [0.15, 0.2) is 5.82 Å². The molecule has 0 bridgehead atoms. The molecule has 2 N–H and O–H groups in total. The van der Waals surface area contributed by atoms with Crippen LogP contribution in [0.1, 0.15) is 0 Å². The Hall–Kier alpha value is -1.14. The van der Waals surface area contributed by atoms with E-state index in [9.17, 15) is 9.18 Å². The van der Waals surface area contributed by atoms with Gasteiger partial charge in [0.25, 0.3) is 5.91 Å². The van der Waals surface area contributed by atoms with Crippen LogP contribution < -0.4 is 5.32 Å². The number of rotatable bonds is 2. The SMILES string of the molecule is O=C(/C=N/O)Nc1cc(Cl)cc(Br)c1F. The van der Waals surface area contributed by atoms with Crippen molar-refractivity contribution in [3.05, 3.63) is 27.4 Å². The van der Waals surface area contributed by atoms with E-state index in [1.54, 1.807) is 0 Å². The highest BCUT2D eigenvalue weighted by atomic mass is 79.9. The minimum atomic E-state index is -0.759. The first kappa shape index (κ1) is 11.9. The molecule has 0 spiro atoms.